The van der Waals surface area contributed by atoms with E-state index in [2.05, 4.69) is 4.74 Å². The van der Waals surface area contributed by atoms with Gasteiger partial charge in [-0.2, -0.15) is 0 Å². The summed E-state index contributed by atoms with van der Waals surface area (Å²) in [7, 11) is -4.06. The summed E-state index contributed by atoms with van der Waals surface area (Å²) in [5, 5.41) is 7.04. The summed E-state index contributed by atoms with van der Waals surface area (Å²) in [6, 6.07) is 0. The lowest BCUT2D eigenvalue weighted by Crippen LogP contribution is -2.36. The van der Waals surface area contributed by atoms with Crippen molar-refractivity contribution in [2.24, 2.45) is 5.73 Å². The van der Waals surface area contributed by atoms with E-state index >= 15 is 0 Å². The molecule has 8 heteroatoms. The number of aliphatic carboxylic acids is 1. The van der Waals surface area contributed by atoms with E-state index < -0.39 is 32.8 Å². The number of sulfone groups is 1. The molecule has 94 valence electrons. The minimum atomic E-state index is -4.06. The van der Waals surface area contributed by atoms with Crippen LogP contribution in [0.25, 0.3) is 0 Å². The molecule has 0 saturated heterocycles. The van der Waals surface area contributed by atoms with E-state index in [9.17, 15) is 18.0 Å². The molecule has 0 radical (unpaired) electrons. The number of ether oxygens (including phenoxy) is 1. The minimum Gasteiger partial charge on any atom is -0.480 e. The normalized spacial score (nSPS) is 13.1. The average Bonchev–Trinajstić information content (AvgIpc) is 2.12. The average molecular weight is 253 g/mol. The fourth-order valence-corrected chi connectivity index (χ4v) is 2.49. The highest BCUT2D eigenvalue weighted by atomic mass is 32.2. The van der Waals surface area contributed by atoms with Crippen LogP contribution in [0.4, 0.5) is 0 Å². The monoisotopic (exact) mass is 253 g/mol. The Labute approximate surface area is 93.5 Å². The molecule has 0 aromatic heterocycles. The van der Waals surface area contributed by atoms with Crippen molar-refractivity contribution in [3.05, 3.63) is 0 Å². The van der Waals surface area contributed by atoms with Crippen molar-refractivity contribution < 1.29 is 27.9 Å². The van der Waals surface area contributed by atoms with Crippen molar-refractivity contribution in [1.29, 1.82) is 0 Å². The fourth-order valence-electron chi connectivity index (χ4n) is 1.08. The SMILES string of the molecule is CCOC(=O)CS(=O)(=O)C(CCN)C(=O)O. The number of nitrogens with two attached hydrogens (primary N) is 1. The molecule has 16 heavy (non-hydrogen) atoms. The van der Waals surface area contributed by atoms with Crippen LogP contribution >= 0.6 is 0 Å². The predicted molar refractivity (Wildman–Crippen MR) is 55.5 cm³/mol. The molecule has 0 bridgehead atoms. The van der Waals surface area contributed by atoms with E-state index in [1.54, 1.807) is 0 Å². The maximum atomic E-state index is 11.5. The maximum absolute atomic E-state index is 11.5. The van der Waals surface area contributed by atoms with Gasteiger partial charge in [0.1, 0.15) is 5.75 Å². The maximum Gasteiger partial charge on any atom is 0.321 e. The van der Waals surface area contributed by atoms with Crippen LogP contribution in [0, 0.1) is 0 Å². The zero-order valence-electron chi connectivity index (χ0n) is 8.88. The zero-order valence-corrected chi connectivity index (χ0v) is 9.70. The molecule has 0 amide bonds. The Bertz CT molecular complexity index is 350. The Balaban J connectivity index is 4.73. The molecule has 0 aliphatic heterocycles. The van der Waals surface area contributed by atoms with Crippen LogP contribution in [-0.2, 0) is 24.2 Å². The van der Waals surface area contributed by atoms with Crippen molar-refractivity contribution in [1.82, 2.24) is 0 Å². The Morgan fingerprint density at radius 2 is 2.00 bits per heavy atom. The first-order valence-corrected chi connectivity index (χ1v) is 6.36. The molecule has 0 fully saturated rings. The van der Waals surface area contributed by atoms with Gasteiger partial charge in [-0.25, -0.2) is 8.42 Å². The first-order chi connectivity index (χ1) is 7.35. The van der Waals surface area contributed by atoms with E-state index in [0.717, 1.165) is 0 Å². The van der Waals surface area contributed by atoms with Gasteiger partial charge in [0, 0.05) is 0 Å². The summed E-state index contributed by atoms with van der Waals surface area (Å²) in [6.45, 7) is 1.49. The lowest BCUT2D eigenvalue weighted by atomic mass is 10.3. The van der Waals surface area contributed by atoms with Crippen LogP contribution in [0.15, 0.2) is 0 Å². The quantitative estimate of drug-likeness (QED) is 0.544. The number of carbonyl (C=O) groups excluding carboxylic acids is 1. The van der Waals surface area contributed by atoms with Gasteiger partial charge in [0.2, 0.25) is 0 Å². The number of carbonyl (C=O) groups is 2. The Morgan fingerprint density at radius 3 is 2.38 bits per heavy atom. The molecule has 7 nitrogen and oxygen atoms in total. The molecule has 1 atom stereocenters. The van der Waals surface area contributed by atoms with Crippen LogP contribution < -0.4 is 5.73 Å². The first kappa shape index (κ1) is 14.8. The van der Waals surface area contributed by atoms with Crippen LogP contribution in [0.1, 0.15) is 13.3 Å². The molecule has 1 unspecified atom stereocenters. The molecule has 0 aromatic carbocycles. The van der Waals surface area contributed by atoms with Gasteiger partial charge in [-0.3, -0.25) is 9.59 Å². The summed E-state index contributed by atoms with van der Waals surface area (Å²) in [5.41, 5.74) is 5.11. The van der Waals surface area contributed by atoms with Gasteiger partial charge < -0.3 is 15.6 Å². The molecular weight excluding hydrogens is 238 g/mol. The highest BCUT2D eigenvalue weighted by Gasteiger charge is 2.33. The lowest BCUT2D eigenvalue weighted by molar-refractivity contribution is -0.139. The van der Waals surface area contributed by atoms with Crippen molar-refractivity contribution in [2.75, 3.05) is 18.9 Å². The largest absolute Gasteiger partial charge is 0.480 e. The third-order valence-electron chi connectivity index (χ3n) is 1.76. The van der Waals surface area contributed by atoms with E-state index in [-0.39, 0.29) is 19.6 Å². The Hall–Kier alpha value is -1.15. The third kappa shape index (κ3) is 4.58. The number of carboxylic acids is 1. The molecule has 0 aliphatic rings. The number of hydrogen-bond acceptors (Lipinski definition) is 6. The van der Waals surface area contributed by atoms with Gasteiger partial charge in [0.25, 0.3) is 0 Å². The highest BCUT2D eigenvalue weighted by molar-refractivity contribution is 7.93. The molecule has 0 rings (SSSR count). The van der Waals surface area contributed by atoms with Crippen molar-refractivity contribution in [2.45, 2.75) is 18.6 Å². The molecule has 0 aliphatic carbocycles. The third-order valence-corrected chi connectivity index (χ3v) is 3.70. The van der Waals surface area contributed by atoms with Crippen molar-refractivity contribution in [3.8, 4) is 0 Å². The second-order valence-corrected chi connectivity index (χ2v) is 5.20. The van der Waals surface area contributed by atoms with Crippen molar-refractivity contribution >= 4 is 21.8 Å². The standard InChI is InChI=1S/C8H15NO6S/c1-2-15-7(10)5-16(13,14)6(3-4-9)8(11)12/h6H,2-5,9H2,1H3,(H,11,12). The predicted octanol–water partition coefficient (Wildman–Crippen LogP) is -1.23. The van der Waals surface area contributed by atoms with E-state index in [4.69, 9.17) is 10.8 Å². The van der Waals surface area contributed by atoms with Gasteiger partial charge in [-0.15, -0.1) is 0 Å². The molecule has 0 spiro atoms. The summed E-state index contributed by atoms with van der Waals surface area (Å²) in [4.78, 5) is 21.7. The van der Waals surface area contributed by atoms with E-state index in [0.29, 0.717) is 0 Å². The fraction of sp³-hybridized carbons (Fsp3) is 0.750. The van der Waals surface area contributed by atoms with Crippen molar-refractivity contribution in [3.63, 3.8) is 0 Å². The zero-order chi connectivity index (χ0) is 12.8. The molecule has 0 saturated carbocycles. The number of rotatable bonds is 7. The second kappa shape index (κ2) is 6.44. The van der Waals surface area contributed by atoms with E-state index in [1.165, 1.54) is 6.92 Å². The summed E-state index contributed by atoms with van der Waals surface area (Å²) >= 11 is 0. The molecule has 3 N–H and O–H groups in total. The van der Waals surface area contributed by atoms with E-state index in [1.807, 2.05) is 0 Å². The summed E-state index contributed by atoms with van der Waals surface area (Å²) < 4.78 is 27.5. The summed E-state index contributed by atoms with van der Waals surface area (Å²) in [5.74, 6) is -3.39. The van der Waals surface area contributed by atoms with Gasteiger partial charge in [-0.1, -0.05) is 0 Å². The highest BCUT2D eigenvalue weighted by Crippen LogP contribution is 2.07. The Morgan fingerprint density at radius 1 is 1.44 bits per heavy atom. The number of carboxylic acid groups (broad SMARTS) is 1. The number of hydrogen-bond donors (Lipinski definition) is 2. The Kier molecular flexibility index (Phi) is 5.97. The van der Waals surface area contributed by atoms with Crippen LogP contribution in [0.5, 0.6) is 0 Å². The van der Waals surface area contributed by atoms with Gasteiger partial charge in [-0.05, 0) is 19.9 Å². The lowest BCUT2D eigenvalue weighted by Gasteiger charge is -2.11. The molecule has 0 heterocycles. The first-order valence-electron chi connectivity index (χ1n) is 4.65. The smallest absolute Gasteiger partial charge is 0.321 e. The van der Waals surface area contributed by atoms with Crippen LogP contribution in [0.2, 0.25) is 0 Å². The van der Waals surface area contributed by atoms with Gasteiger partial charge in [0.05, 0.1) is 6.61 Å². The number of esters is 1. The van der Waals surface area contributed by atoms with Gasteiger partial charge >= 0.3 is 11.9 Å². The summed E-state index contributed by atoms with van der Waals surface area (Å²) in [6.07, 6.45) is -0.225. The minimum absolute atomic E-state index is 0.0446. The second-order valence-electron chi connectivity index (χ2n) is 3.02. The molecular formula is C8H15NO6S. The van der Waals surface area contributed by atoms with Crippen LogP contribution in [-0.4, -0.2) is 49.6 Å². The topological polar surface area (TPSA) is 124 Å². The van der Waals surface area contributed by atoms with Gasteiger partial charge in [0.15, 0.2) is 15.1 Å². The van der Waals surface area contributed by atoms with Crippen LogP contribution in [0.3, 0.4) is 0 Å². The molecule has 0 aromatic rings.